The van der Waals surface area contributed by atoms with Gasteiger partial charge in [-0.05, 0) is 23.1 Å². The van der Waals surface area contributed by atoms with E-state index in [2.05, 4.69) is 56.4 Å². The second kappa shape index (κ2) is 9.45. The van der Waals surface area contributed by atoms with Crippen LogP contribution in [0, 0.1) is 0 Å². The largest absolute Gasteiger partial charge is 0.294 e. The SMILES string of the molecule is C=CCSc1nnc2n(Cc3ccccc3)c(=O)c3c4c(sc3n12)CN(Cc1ccccc1)CC4. The Kier molecular flexibility index (Phi) is 6.01. The molecule has 0 fully saturated rings. The monoisotopic (exact) mass is 499 g/mol. The van der Waals surface area contributed by atoms with Crippen molar-refractivity contribution in [2.45, 2.75) is 31.2 Å². The van der Waals surface area contributed by atoms with Crippen LogP contribution in [0.4, 0.5) is 0 Å². The molecule has 2 aromatic carbocycles. The van der Waals surface area contributed by atoms with E-state index in [1.807, 2.05) is 36.4 Å². The maximum absolute atomic E-state index is 13.9. The molecule has 0 unspecified atom stereocenters. The van der Waals surface area contributed by atoms with Gasteiger partial charge in [0, 0.05) is 30.3 Å². The average Bonchev–Trinajstić information content (AvgIpc) is 3.48. The van der Waals surface area contributed by atoms with Gasteiger partial charge in [0.1, 0.15) is 4.83 Å². The molecule has 0 saturated carbocycles. The molecular weight excluding hydrogens is 474 g/mol. The van der Waals surface area contributed by atoms with Gasteiger partial charge in [0.2, 0.25) is 5.78 Å². The van der Waals surface area contributed by atoms with Crippen LogP contribution in [0.5, 0.6) is 0 Å². The summed E-state index contributed by atoms with van der Waals surface area (Å²) in [5.41, 5.74) is 3.60. The van der Waals surface area contributed by atoms with Crippen molar-refractivity contribution in [1.82, 2.24) is 24.1 Å². The molecule has 6 rings (SSSR count). The minimum Gasteiger partial charge on any atom is -0.294 e. The predicted octanol–water partition coefficient (Wildman–Crippen LogP) is 4.99. The summed E-state index contributed by atoms with van der Waals surface area (Å²) in [7, 11) is 0. The Labute approximate surface area is 211 Å². The maximum Gasteiger partial charge on any atom is 0.264 e. The Morgan fingerprint density at radius 3 is 2.43 bits per heavy atom. The van der Waals surface area contributed by atoms with Crippen LogP contribution in [0.25, 0.3) is 16.0 Å². The van der Waals surface area contributed by atoms with E-state index in [-0.39, 0.29) is 5.56 Å². The van der Waals surface area contributed by atoms with Gasteiger partial charge in [-0.15, -0.1) is 28.1 Å². The van der Waals surface area contributed by atoms with Crippen molar-refractivity contribution in [2.75, 3.05) is 12.3 Å². The molecule has 176 valence electrons. The third-order valence-corrected chi connectivity index (χ3v) is 8.53. The van der Waals surface area contributed by atoms with Gasteiger partial charge >= 0.3 is 0 Å². The lowest BCUT2D eigenvalue weighted by Gasteiger charge is -2.26. The smallest absolute Gasteiger partial charge is 0.264 e. The molecular formula is C27H25N5OS2. The number of rotatable bonds is 7. The maximum atomic E-state index is 13.9. The summed E-state index contributed by atoms with van der Waals surface area (Å²) in [6.45, 7) is 7.01. The lowest BCUT2D eigenvalue weighted by Crippen LogP contribution is -2.30. The van der Waals surface area contributed by atoms with Gasteiger partial charge in [0.05, 0.1) is 11.9 Å². The van der Waals surface area contributed by atoms with Gasteiger partial charge in [-0.25, -0.2) is 4.40 Å². The molecule has 6 nitrogen and oxygen atoms in total. The molecule has 3 aromatic heterocycles. The highest BCUT2D eigenvalue weighted by atomic mass is 32.2. The molecule has 35 heavy (non-hydrogen) atoms. The van der Waals surface area contributed by atoms with Crippen LogP contribution in [0.3, 0.4) is 0 Å². The molecule has 0 amide bonds. The first-order chi connectivity index (χ1) is 17.2. The van der Waals surface area contributed by atoms with E-state index in [1.54, 1.807) is 27.7 Å². The van der Waals surface area contributed by atoms with Crippen LogP contribution in [0.2, 0.25) is 0 Å². The topological polar surface area (TPSA) is 55.4 Å². The first-order valence-corrected chi connectivity index (χ1v) is 13.5. The molecule has 0 saturated heterocycles. The lowest BCUT2D eigenvalue weighted by atomic mass is 10.0. The molecule has 0 radical (unpaired) electrons. The summed E-state index contributed by atoms with van der Waals surface area (Å²) in [5.74, 6) is 1.33. The van der Waals surface area contributed by atoms with E-state index < -0.39 is 0 Å². The highest BCUT2D eigenvalue weighted by molar-refractivity contribution is 7.99. The van der Waals surface area contributed by atoms with E-state index in [0.29, 0.717) is 12.3 Å². The second-order valence-corrected chi connectivity index (χ2v) is 10.8. The number of hydrogen-bond acceptors (Lipinski definition) is 6. The quantitative estimate of drug-likeness (QED) is 0.233. The molecule has 0 aliphatic carbocycles. The molecule has 1 aliphatic heterocycles. The Bertz CT molecular complexity index is 1570. The van der Waals surface area contributed by atoms with E-state index in [1.165, 1.54) is 16.0 Å². The summed E-state index contributed by atoms with van der Waals surface area (Å²) < 4.78 is 3.87. The van der Waals surface area contributed by atoms with E-state index in [4.69, 9.17) is 0 Å². The minimum absolute atomic E-state index is 0.0260. The van der Waals surface area contributed by atoms with Crippen LogP contribution in [0.15, 0.2) is 83.3 Å². The van der Waals surface area contributed by atoms with Crippen LogP contribution < -0.4 is 5.56 Å². The molecule has 0 spiro atoms. The lowest BCUT2D eigenvalue weighted by molar-refractivity contribution is 0.249. The Hall–Kier alpha value is -3.20. The van der Waals surface area contributed by atoms with Gasteiger partial charge in [-0.1, -0.05) is 78.5 Å². The average molecular weight is 500 g/mol. The number of fused-ring (bicyclic) bond motifs is 5. The number of aromatic nitrogens is 4. The van der Waals surface area contributed by atoms with Crippen molar-refractivity contribution < 1.29 is 0 Å². The summed E-state index contributed by atoms with van der Waals surface area (Å²) in [6.07, 6.45) is 2.73. The molecule has 0 atom stereocenters. The summed E-state index contributed by atoms with van der Waals surface area (Å²) >= 11 is 3.31. The van der Waals surface area contributed by atoms with E-state index in [9.17, 15) is 4.79 Å². The fourth-order valence-corrected chi connectivity index (χ4v) is 6.88. The first kappa shape index (κ1) is 22.3. The molecule has 0 N–H and O–H groups in total. The van der Waals surface area contributed by atoms with E-state index in [0.717, 1.165) is 52.7 Å². The molecule has 1 aliphatic rings. The zero-order valence-corrected chi connectivity index (χ0v) is 20.9. The predicted molar refractivity (Wildman–Crippen MR) is 143 cm³/mol. The van der Waals surface area contributed by atoms with Gasteiger partial charge in [-0.2, -0.15) is 0 Å². The molecule has 4 heterocycles. The van der Waals surface area contributed by atoms with Crippen LogP contribution in [-0.2, 0) is 26.1 Å². The van der Waals surface area contributed by atoms with Crippen LogP contribution in [-0.4, -0.2) is 36.4 Å². The van der Waals surface area contributed by atoms with Crippen molar-refractivity contribution >= 4 is 39.1 Å². The van der Waals surface area contributed by atoms with Crippen LogP contribution in [0.1, 0.15) is 21.6 Å². The van der Waals surface area contributed by atoms with E-state index >= 15 is 0 Å². The molecule has 8 heteroatoms. The summed E-state index contributed by atoms with van der Waals surface area (Å²) in [5, 5.41) is 10.6. The fraction of sp³-hybridized carbons (Fsp3) is 0.222. The molecule has 0 bridgehead atoms. The highest BCUT2D eigenvalue weighted by Gasteiger charge is 2.27. The first-order valence-electron chi connectivity index (χ1n) is 11.7. The summed E-state index contributed by atoms with van der Waals surface area (Å²) in [4.78, 5) is 18.6. The zero-order valence-electron chi connectivity index (χ0n) is 19.3. The fourth-order valence-electron chi connectivity index (χ4n) is 4.77. The van der Waals surface area contributed by atoms with Gasteiger partial charge in [0.25, 0.3) is 5.56 Å². The molecule has 5 aromatic rings. The van der Waals surface area contributed by atoms with Crippen molar-refractivity contribution in [3.8, 4) is 0 Å². The van der Waals surface area contributed by atoms with Gasteiger partial charge in [0.15, 0.2) is 5.16 Å². The van der Waals surface area contributed by atoms with Crippen molar-refractivity contribution in [1.29, 1.82) is 0 Å². The second-order valence-electron chi connectivity index (χ2n) is 8.72. The number of thiophene rings is 1. The van der Waals surface area contributed by atoms with Crippen LogP contribution >= 0.6 is 23.1 Å². The van der Waals surface area contributed by atoms with Crippen molar-refractivity contribution in [3.63, 3.8) is 0 Å². The number of nitrogens with zero attached hydrogens (tertiary/aromatic N) is 5. The number of hydrogen-bond donors (Lipinski definition) is 0. The Morgan fingerprint density at radius 1 is 1.00 bits per heavy atom. The van der Waals surface area contributed by atoms with Crippen molar-refractivity contribution in [2.24, 2.45) is 0 Å². The number of benzene rings is 2. The Morgan fingerprint density at radius 2 is 1.71 bits per heavy atom. The summed E-state index contributed by atoms with van der Waals surface area (Å²) in [6, 6.07) is 20.6. The van der Waals surface area contributed by atoms with Crippen molar-refractivity contribution in [3.05, 3.63) is 105 Å². The minimum atomic E-state index is 0.0260. The van der Waals surface area contributed by atoms with Gasteiger partial charge in [-0.3, -0.25) is 14.3 Å². The third-order valence-electron chi connectivity index (χ3n) is 6.40. The third kappa shape index (κ3) is 4.11. The van der Waals surface area contributed by atoms with Gasteiger partial charge < -0.3 is 0 Å². The normalized spacial score (nSPS) is 13.9. The number of thioether (sulfide) groups is 1. The standard InChI is InChI=1S/C27H25N5OS2/c1-2-15-34-27-29-28-26-31(17-20-11-7-4-8-12-20)24(33)23-21-13-14-30(16-19-9-5-3-6-10-19)18-22(21)35-25(23)32(26)27/h2-12H,1,13-18H2. The highest BCUT2D eigenvalue weighted by Crippen LogP contribution is 2.36. The Balaban J connectivity index is 1.49. The zero-order chi connectivity index (χ0) is 23.8.